The van der Waals surface area contributed by atoms with E-state index in [0.717, 1.165) is 5.69 Å². The minimum atomic E-state index is -0.0283. The molecule has 3 rings (SSSR count). The van der Waals surface area contributed by atoms with Gasteiger partial charge in [-0.15, -0.1) is 11.3 Å². The third-order valence-electron chi connectivity index (χ3n) is 3.95. The molecule has 1 aliphatic heterocycles. The highest BCUT2D eigenvalue weighted by Gasteiger charge is 2.24. The highest BCUT2D eigenvalue weighted by atomic mass is 32.1. The second kappa shape index (κ2) is 6.42. The molecule has 0 spiro atoms. The Balaban J connectivity index is 1.65. The van der Waals surface area contributed by atoms with E-state index in [-0.39, 0.29) is 17.4 Å². The zero-order valence-electron chi connectivity index (χ0n) is 12.9. The number of phenols is 1. The van der Waals surface area contributed by atoms with E-state index >= 15 is 0 Å². The van der Waals surface area contributed by atoms with Crippen molar-refractivity contribution in [1.82, 2.24) is 4.90 Å². The number of anilines is 1. The average Bonchev–Trinajstić information content (AvgIpc) is 3.05. The van der Waals surface area contributed by atoms with Gasteiger partial charge in [-0.05, 0) is 31.2 Å². The van der Waals surface area contributed by atoms with Gasteiger partial charge < -0.3 is 14.9 Å². The molecule has 0 unspecified atom stereocenters. The van der Waals surface area contributed by atoms with Gasteiger partial charge in [-0.2, -0.15) is 0 Å². The van der Waals surface area contributed by atoms with E-state index in [9.17, 15) is 14.7 Å². The molecule has 0 radical (unpaired) electrons. The molecule has 6 heteroatoms. The first-order chi connectivity index (χ1) is 11.1. The maximum Gasteiger partial charge on any atom is 0.264 e. The molecule has 1 N–H and O–H groups in total. The minimum Gasteiger partial charge on any atom is -0.506 e. The fourth-order valence-electron chi connectivity index (χ4n) is 2.68. The van der Waals surface area contributed by atoms with Crippen LogP contribution >= 0.6 is 11.3 Å². The van der Waals surface area contributed by atoms with Crippen LogP contribution < -0.4 is 4.90 Å². The van der Waals surface area contributed by atoms with Crippen LogP contribution in [0, 0.1) is 0 Å². The average molecular weight is 330 g/mol. The van der Waals surface area contributed by atoms with Crippen molar-refractivity contribution in [3.05, 3.63) is 46.2 Å². The van der Waals surface area contributed by atoms with Crippen molar-refractivity contribution in [2.24, 2.45) is 0 Å². The van der Waals surface area contributed by atoms with Crippen molar-refractivity contribution in [2.45, 2.75) is 6.92 Å². The Bertz CT molecular complexity index is 733. The number of benzene rings is 1. The lowest BCUT2D eigenvalue weighted by atomic mass is 10.2. The largest absolute Gasteiger partial charge is 0.506 e. The van der Waals surface area contributed by atoms with Crippen molar-refractivity contribution >= 4 is 28.7 Å². The number of ketones is 1. The van der Waals surface area contributed by atoms with E-state index in [2.05, 4.69) is 4.90 Å². The summed E-state index contributed by atoms with van der Waals surface area (Å²) >= 11 is 1.25. The van der Waals surface area contributed by atoms with Gasteiger partial charge in [0, 0.05) is 26.2 Å². The van der Waals surface area contributed by atoms with Crippen molar-refractivity contribution < 1.29 is 14.7 Å². The summed E-state index contributed by atoms with van der Waals surface area (Å²) in [6, 6.07) is 10.7. The van der Waals surface area contributed by atoms with Gasteiger partial charge in [-0.3, -0.25) is 9.59 Å². The third kappa shape index (κ3) is 3.22. The molecule has 1 aromatic heterocycles. The van der Waals surface area contributed by atoms with Gasteiger partial charge in [0.25, 0.3) is 5.91 Å². The second-order valence-electron chi connectivity index (χ2n) is 5.49. The highest BCUT2D eigenvalue weighted by molar-refractivity contribution is 7.15. The van der Waals surface area contributed by atoms with Crippen LogP contribution in [0.2, 0.25) is 0 Å². The van der Waals surface area contributed by atoms with E-state index in [4.69, 9.17) is 0 Å². The lowest BCUT2D eigenvalue weighted by Crippen LogP contribution is -2.48. The standard InChI is InChI=1S/C17H18N2O3S/c1-12(20)15-6-7-16(23-15)17(22)19-10-8-18(9-11-19)13-4-2-3-5-14(13)21/h2-7,21H,8-11H2,1H3. The molecule has 1 amide bonds. The molecule has 1 saturated heterocycles. The number of amides is 1. The summed E-state index contributed by atoms with van der Waals surface area (Å²) in [6.45, 7) is 4.05. The normalized spacial score (nSPS) is 14.8. The topological polar surface area (TPSA) is 60.9 Å². The number of Topliss-reactive ketones (excluding diaryl/α,β-unsaturated/α-hetero) is 1. The number of piperazine rings is 1. The Hall–Kier alpha value is -2.34. The highest BCUT2D eigenvalue weighted by Crippen LogP contribution is 2.27. The Labute approximate surface area is 138 Å². The zero-order valence-corrected chi connectivity index (χ0v) is 13.7. The summed E-state index contributed by atoms with van der Waals surface area (Å²) in [4.78, 5) is 28.9. The van der Waals surface area contributed by atoms with Gasteiger partial charge in [0.15, 0.2) is 5.78 Å². The Kier molecular flexibility index (Phi) is 4.34. The first kappa shape index (κ1) is 15.6. The lowest BCUT2D eigenvalue weighted by Gasteiger charge is -2.36. The van der Waals surface area contributed by atoms with Crippen LogP contribution in [0.25, 0.3) is 0 Å². The maximum absolute atomic E-state index is 12.5. The molecule has 2 heterocycles. The zero-order chi connectivity index (χ0) is 16.4. The van der Waals surface area contributed by atoms with Gasteiger partial charge in [-0.25, -0.2) is 0 Å². The van der Waals surface area contributed by atoms with Crippen LogP contribution in [0.1, 0.15) is 26.3 Å². The molecule has 0 saturated carbocycles. The minimum absolute atomic E-state index is 0.0153. The SMILES string of the molecule is CC(=O)c1ccc(C(=O)N2CCN(c3ccccc3O)CC2)s1. The van der Waals surface area contributed by atoms with Gasteiger partial charge >= 0.3 is 0 Å². The van der Waals surface area contributed by atoms with Crippen molar-refractivity contribution in [2.75, 3.05) is 31.1 Å². The molecule has 1 fully saturated rings. The summed E-state index contributed by atoms with van der Waals surface area (Å²) in [6.07, 6.45) is 0. The number of hydrogen-bond acceptors (Lipinski definition) is 5. The quantitative estimate of drug-likeness (QED) is 0.879. The van der Waals surface area contributed by atoms with Crippen LogP contribution in [0.3, 0.4) is 0 Å². The molecule has 1 aliphatic rings. The van der Waals surface area contributed by atoms with Crippen molar-refractivity contribution in [3.63, 3.8) is 0 Å². The summed E-state index contributed by atoms with van der Waals surface area (Å²) in [5.74, 6) is 0.217. The Morgan fingerprint density at radius 1 is 1.00 bits per heavy atom. The number of carbonyl (C=O) groups is 2. The Morgan fingerprint density at radius 2 is 1.65 bits per heavy atom. The van der Waals surface area contributed by atoms with Crippen LogP contribution in [-0.4, -0.2) is 47.9 Å². The van der Waals surface area contributed by atoms with Crippen LogP contribution in [0.15, 0.2) is 36.4 Å². The molecule has 2 aromatic rings. The maximum atomic E-state index is 12.5. The van der Waals surface area contributed by atoms with Gasteiger partial charge in [0.2, 0.25) is 0 Å². The van der Waals surface area contributed by atoms with Gasteiger partial charge in [0.05, 0.1) is 15.4 Å². The lowest BCUT2D eigenvalue weighted by molar-refractivity contribution is 0.0751. The number of nitrogens with zero attached hydrogens (tertiary/aromatic N) is 2. The number of hydrogen-bond donors (Lipinski definition) is 1. The molecule has 0 bridgehead atoms. The monoisotopic (exact) mass is 330 g/mol. The van der Waals surface area contributed by atoms with Gasteiger partial charge in [0.1, 0.15) is 5.75 Å². The van der Waals surface area contributed by atoms with E-state index in [1.165, 1.54) is 18.3 Å². The van der Waals surface area contributed by atoms with E-state index in [1.54, 1.807) is 29.2 Å². The first-order valence-corrected chi connectivity index (χ1v) is 8.31. The number of aromatic hydroxyl groups is 1. The van der Waals surface area contributed by atoms with Crippen molar-refractivity contribution in [1.29, 1.82) is 0 Å². The van der Waals surface area contributed by atoms with Crippen LogP contribution in [0.4, 0.5) is 5.69 Å². The molecule has 23 heavy (non-hydrogen) atoms. The Morgan fingerprint density at radius 3 is 2.26 bits per heavy atom. The fourth-order valence-corrected chi connectivity index (χ4v) is 3.55. The molecule has 0 atom stereocenters. The molecule has 120 valence electrons. The molecule has 5 nitrogen and oxygen atoms in total. The fraction of sp³-hybridized carbons (Fsp3) is 0.294. The summed E-state index contributed by atoms with van der Waals surface area (Å²) < 4.78 is 0. The summed E-state index contributed by atoms with van der Waals surface area (Å²) in [7, 11) is 0. The molecule has 0 aliphatic carbocycles. The van der Waals surface area contributed by atoms with Crippen LogP contribution in [-0.2, 0) is 0 Å². The number of carbonyl (C=O) groups excluding carboxylic acids is 2. The molecule has 1 aromatic carbocycles. The van der Waals surface area contributed by atoms with E-state index < -0.39 is 0 Å². The predicted octanol–water partition coefficient (Wildman–Crippen LogP) is 2.62. The number of para-hydroxylation sites is 2. The smallest absolute Gasteiger partial charge is 0.264 e. The molecular weight excluding hydrogens is 312 g/mol. The third-order valence-corrected chi connectivity index (χ3v) is 5.13. The van der Waals surface area contributed by atoms with Gasteiger partial charge in [-0.1, -0.05) is 12.1 Å². The predicted molar refractivity (Wildman–Crippen MR) is 90.5 cm³/mol. The van der Waals surface area contributed by atoms with E-state index in [0.29, 0.717) is 35.9 Å². The van der Waals surface area contributed by atoms with E-state index in [1.807, 2.05) is 12.1 Å². The molecular formula is C17H18N2O3S. The second-order valence-corrected chi connectivity index (χ2v) is 6.57. The van der Waals surface area contributed by atoms with Crippen molar-refractivity contribution in [3.8, 4) is 5.75 Å². The first-order valence-electron chi connectivity index (χ1n) is 7.49. The summed E-state index contributed by atoms with van der Waals surface area (Å²) in [5, 5.41) is 9.92. The number of phenolic OH excluding ortho intramolecular Hbond substituents is 1. The number of rotatable bonds is 3. The van der Waals surface area contributed by atoms with Crippen LogP contribution in [0.5, 0.6) is 5.75 Å². The number of thiophene rings is 1. The summed E-state index contributed by atoms with van der Waals surface area (Å²) in [5.41, 5.74) is 0.801.